The summed E-state index contributed by atoms with van der Waals surface area (Å²) in [6, 6.07) is 0.703. The fourth-order valence-corrected chi connectivity index (χ4v) is 2.57. The molecule has 17 heavy (non-hydrogen) atoms. The van der Waals surface area contributed by atoms with Gasteiger partial charge in [0.25, 0.3) is 0 Å². The molecule has 0 aliphatic carbocycles. The van der Waals surface area contributed by atoms with Crippen molar-refractivity contribution in [2.45, 2.75) is 58.5 Å². The first kappa shape index (κ1) is 14.6. The molecule has 1 heterocycles. The molecule has 0 spiro atoms. The van der Waals surface area contributed by atoms with Gasteiger partial charge in [0.2, 0.25) is 0 Å². The first-order chi connectivity index (χ1) is 8.13. The van der Waals surface area contributed by atoms with Crippen LogP contribution >= 0.6 is 11.3 Å². The van der Waals surface area contributed by atoms with Crippen molar-refractivity contribution >= 4 is 11.3 Å². The second-order valence-corrected chi connectivity index (χ2v) is 5.81. The van der Waals surface area contributed by atoms with Crippen LogP contribution in [0.3, 0.4) is 0 Å². The highest BCUT2D eigenvalue weighted by molar-refractivity contribution is 7.11. The quantitative estimate of drug-likeness (QED) is 0.702. The van der Waals surface area contributed by atoms with E-state index < -0.39 is 0 Å². The number of nitrogens with two attached hydrogens (primary N) is 1. The van der Waals surface area contributed by atoms with Crippen molar-refractivity contribution < 1.29 is 0 Å². The number of unbranched alkanes of at least 4 members (excludes halogenated alkanes) is 1. The summed E-state index contributed by atoms with van der Waals surface area (Å²) in [6.45, 7) is 7.47. The molecule has 1 rings (SSSR count). The molecule has 2 unspecified atom stereocenters. The monoisotopic (exact) mass is 255 g/mol. The lowest BCUT2D eigenvalue weighted by Crippen LogP contribution is -2.20. The van der Waals surface area contributed by atoms with E-state index in [1.807, 2.05) is 17.5 Å². The highest BCUT2D eigenvalue weighted by Crippen LogP contribution is 2.20. The second kappa shape index (κ2) is 7.80. The normalized spacial score (nSPS) is 14.8. The van der Waals surface area contributed by atoms with Gasteiger partial charge < -0.3 is 11.1 Å². The van der Waals surface area contributed by atoms with Gasteiger partial charge in [0.1, 0.15) is 5.01 Å². The third-order valence-electron chi connectivity index (χ3n) is 2.83. The van der Waals surface area contributed by atoms with Gasteiger partial charge in [-0.25, -0.2) is 4.98 Å². The zero-order valence-corrected chi connectivity index (χ0v) is 12.0. The number of hydrogen-bond acceptors (Lipinski definition) is 4. The number of aromatic nitrogens is 1. The number of nitrogens with one attached hydrogen (secondary N) is 1. The van der Waals surface area contributed by atoms with E-state index in [9.17, 15) is 0 Å². The third kappa shape index (κ3) is 5.61. The van der Waals surface area contributed by atoms with Crippen LogP contribution in [-0.2, 0) is 6.42 Å². The smallest absolute Gasteiger partial charge is 0.109 e. The van der Waals surface area contributed by atoms with Crippen molar-refractivity contribution in [1.82, 2.24) is 10.3 Å². The molecule has 0 aliphatic rings. The van der Waals surface area contributed by atoms with Crippen LogP contribution in [0.15, 0.2) is 6.20 Å². The largest absolute Gasteiger partial charge is 0.328 e. The van der Waals surface area contributed by atoms with E-state index >= 15 is 0 Å². The van der Waals surface area contributed by atoms with E-state index in [4.69, 9.17) is 5.73 Å². The highest BCUT2D eigenvalue weighted by atomic mass is 32.1. The van der Waals surface area contributed by atoms with Crippen LogP contribution in [0.25, 0.3) is 0 Å². The number of aryl methyl sites for hydroxylation is 1. The minimum absolute atomic E-state index is 0.332. The van der Waals surface area contributed by atoms with Gasteiger partial charge in [0.15, 0.2) is 0 Å². The molecule has 2 atom stereocenters. The van der Waals surface area contributed by atoms with Crippen molar-refractivity contribution in [3.63, 3.8) is 0 Å². The molecule has 1 aromatic heterocycles. The maximum atomic E-state index is 5.71. The zero-order valence-electron chi connectivity index (χ0n) is 11.2. The van der Waals surface area contributed by atoms with Crippen LogP contribution in [0.5, 0.6) is 0 Å². The summed E-state index contributed by atoms with van der Waals surface area (Å²) in [6.07, 6.45) is 6.59. The van der Waals surface area contributed by atoms with E-state index in [0.717, 1.165) is 19.4 Å². The molecule has 4 heteroatoms. The molecule has 0 saturated heterocycles. The summed E-state index contributed by atoms with van der Waals surface area (Å²) in [5.41, 5.74) is 5.71. The van der Waals surface area contributed by atoms with Crippen molar-refractivity contribution in [3.8, 4) is 0 Å². The zero-order chi connectivity index (χ0) is 12.7. The van der Waals surface area contributed by atoms with Crippen LogP contribution in [0, 0.1) is 0 Å². The molecular formula is C13H25N3S. The summed E-state index contributed by atoms with van der Waals surface area (Å²) in [7, 11) is 0. The molecule has 0 bridgehead atoms. The predicted molar refractivity (Wildman–Crippen MR) is 75.4 cm³/mol. The van der Waals surface area contributed by atoms with Gasteiger partial charge in [-0.1, -0.05) is 13.3 Å². The lowest BCUT2D eigenvalue weighted by Gasteiger charge is -2.11. The Morgan fingerprint density at radius 3 is 2.76 bits per heavy atom. The standard InChI is InChI=1S/C13H25N3S/c1-4-12-9-16-13(17-12)11(3)15-8-6-5-7-10(2)14/h9-11,15H,4-8,14H2,1-3H3. The first-order valence-electron chi connectivity index (χ1n) is 6.57. The van der Waals surface area contributed by atoms with Crippen LogP contribution in [-0.4, -0.2) is 17.6 Å². The molecule has 0 amide bonds. The second-order valence-electron chi connectivity index (χ2n) is 4.67. The Morgan fingerprint density at radius 2 is 2.18 bits per heavy atom. The van der Waals surface area contributed by atoms with Gasteiger partial charge in [0, 0.05) is 17.1 Å². The van der Waals surface area contributed by atoms with Crippen molar-refractivity contribution in [2.24, 2.45) is 5.73 Å². The number of nitrogens with zero attached hydrogens (tertiary/aromatic N) is 1. The van der Waals surface area contributed by atoms with Crippen LogP contribution in [0.2, 0.25) is 0 Å². The fraction of sp³-hybridized carbons (Fsp3) is 0.769. The van der Waals surface area contributed by atoms with Crippen LogP contribution in [0.4, 0.5) is 0 Å². The Hall–Kier alpha value is -0.450. The Labute approximate surface area is 109 Å². The fourth-order valence-electron chi connectivity index (χ4n) is 1.68. The lowest BCUT2D eigenvalue weighted by molar-refractivity contribution is 0.521. The summed E-state index contributed by atoms with van der Waals surface area (Å²) in [4.78, 5) is 5.82. The first-order valence-corrected chi connectivity index (χ1v) is 7.38. The van der Waals surface area contributed by atoms with E-state index in [-0.39, 0.29) is 0 Å². The summed E-state index contributed by atoms with van der Waals surface area (Å²) >= 11 is 1.82. The molecular weight excluding hydrogens is 230 g/mol. The predicted octanol–water partition coefficient (Wildman–Crippen LogP) is 2.87. The molecule has 3 nitrogen and oxygen atoms in total. The summed E-state index contributed by atoms with van der Waals surface area (Å²) in [5, 5.41) is 4.72. The van der Waals surface area contributed by atoms with E-state index in [1.165, 1.54) is 22.7 Å². The van der Waals surface area contributed by atoms with E-state index in [1.54, 1.807) is 0 Å². The van der Waals surface area contributed by atoms with E-state index in [2.05, 4.69) is 31.1 Å². The average Bonchev–Trinajstić information content (AvgIpc) is 2.76. The van der Waals surface area contributed by atoms with Crippen molar-refractivity contribution in [2.75, 3.05) is 6.54 Å². The third-order valence-corrected chi connectivity index (χ3v) is 4.15. The Balaban J connectivity index is 2.18. The molecule has 0 aliphatic heterocycles. The van der Waals surface area contributed by atoms with Gasteiger partial charge >= 0.3 is 0 Å². The number of rotatable bonds is 8. The van der Waals surface area contributed by atoms with E-state index in [0.29, 0.717) is 12.1 Å². The Morgan fingerprint density at radius 1 is 1.41 bits per heavy atom. The van der Waals surface area contributed by atoms with Crippen molar-refractivity contribution in [3.05, 3.63) is 16.1 Å². The minimum Gasteiger partial charge on any atom is -0.328 e. The number of thiazole rings is 1. The molecule has 0 radical (unpaired) electrons. The molecule has 98 valence electrons. The maximum absolute atomic E-state index is 5.71. The SMILES string of the molecule is CCc1cnc(C(C)NCCCCC(C)N)s1. The maximum Gasteiger partial charge on any atom is 0.109 e. The molecule has 3 N–H and O–H groups in total. The summed E-state index contributed by atoms with van der Waals surface area (Å²) < 4.78 is 0. The number of hydrogen-bond donors (Lipinski definition) is 2. The Kier molecular flexibility index (Phi) is 6.70. The van der Waals surface area contributed by atoms with Gasteiger partial charge in [-0.05, 0) is 39.7 Å². The van der Waals surface area contributed by atoms with Crippen LogP contribution < -0.4 is 11.1 Å². The highest BCUT2D eigenvalue weighted by Gasteiger charge is 2.08. The van der Waals surface area contributed by atoms with Gasteiger partial charge in [0.05, 0.1) is 6.04 Å². The molecule has 1 aromatic rings. The molecule has 0 fully saturated rings. The van der Waals surface area contributed by atoms with Gasteiger partial charge in [-0.15, -0.1) is 11.3 Å². The topological polar surface area (TPSA) is 50.9 Å². The van der Waals surface area contributed by atoms with Gasteiger partial charge in [-0.3, -0.25) is 0 Å². The minimum atomic E-state index is 0.332. The molecule has 0 saturated carbocycles. The van der Waals surface area contributed by atoms with Gasteiger partial charge in [-0.2, -0.15) is 0 Å². The van der Waals surface area contributed by atoms with Crippen LogP contribution in [0.1, 0.15) is 56.0 Å². The average molecular weight is 255 g/mol. The summed E-state index contributed by atoms with van der Waals surface area (Å²) in [5.74, 6) is 0. The lowest BCUT2D eigenvalue weighted by atomic mass is 10.1. The Bertz CT molecular complexity index is 309. The molecule has 0 aromatic carbocycles. The van der Waals surface area contributed by atoms with Crippen molar-refractivity contribution in [1.29, 1.82) is 0 Å².